The van der Waals surface area contributed by atoms with Crippen molar-refractivity contribution < 1.29 is 14.7 Å². The maximum atomic E-state index is 11.4. The van der Waals surface area contributed by atoms with E-state index >= 15 is 0 Å². The van der Waals surface area contributed by atoms with Crippen LogP contribution in [0.1, 0.15) is 40.6 Å². The standard InChI is InChI=1S/C11H13NO3/c1-6-5-9(10(13)11(14)15)7(2)12(6)8-3-4-8/h5,8H,3-4H2,1-2H3,(H,14,15). The van der Waals surface area contributed by atoms with Gasteiger partial charge in [-0.05, 0) is 32.8 Å². The van der Waals surface area contributed by atoms with Crippen LogP contribution in [0.2, 0.25) is 0 Å². The first-order valence-corrected chi connectivity index (χ1v) is 4.98. The van der Waals surface area contributed by atoms with Crippen LogP contribution in [0.5, 0.6) is 0 Å². The number of carbonyl (C=O) groups excluding carboxylic acids is 1. The van der Waals surface area contributed by atoms with Crippen molar-refractivity contribution in [2.75, 3.05) is 0 Å². The van der Waals surface area contributed by atoms with Crippen LogP contribution >= 0.6 is 0 Å². The van der Waals surface area contributed by atoms with Crippen LogP contribution in [0.15, 0.2) is 6.07 Å². The predicted molar refractivity (Wildman–Crippen MR) is 54.1 cm³/mol. The van der Waals surface area contributed by atoms with E-state index in [0.29, 0.717) is 11.6 Å². The lowest BCUT2D eigenvalue weighted by atomic mass is 10.1. The Labute approximate surface area is 87.5 Å². The van der Waals surface area contributed by atoms with Gasteiger partial charge in [0, 0.05) is 17.4 Å². The van der Waals surface area contributed by atoms with Crippen molar-refractivity contribution in [1.29, 1.82) is 0 Å². The number of hydrogen-bond donors (Lipinski definition) is 1. The fraction of sp³-hybridized carbons (Fsp3) is 0.455. The Balaban J connectivity index is 2.45. The number of aliphatic carboxylic acids is 1. The zero-order chi connectivity index (χ0) is 11.2. The lowest BCUT2D eigenvalue weighted by Gasteiger charge is -2.06. The molecule has 2 rings (SSSR count). The zero-order valence-electron chi connectivity index (χ0n) is 8.78. The molecule has 0 unspecified atom stereocenters. The highest BCUT2D eigenvalue weighted by molar-refractivity contribution is 6.40. The second kappa shape index (κ2) is 3.22. The van der Waals surface area contributed by atoms with Gasteiger partial charge in [0.25, 0.3) is 5.78 Å². The van der Waals surface area contributed by atoms with Crippen LogP contribution in [0.3, 0.4) is 0 Å². The van der Waals surface area contributed by atoms with Gasteiger partial charge in [0.1, 0.15) is 0 Å². The van der Waals surface area contributed by atoms with E-state index in [9.17, 15) is 9.59 Å². The van der Waals surface area contributed by atoms with Crippen LogP contribution in [0, 0.1) is 13.8 Å². The molecule has 0 spiro atoms. The summed E-state index contributed by atoms with van der Waals surface area (Å²) in [5.74, 6) is -2.19. The summed E-state index contributed by atoms with van der Waals surface area (Å²) in [6.07, 6.45) is 2.24. The van der Waals surface area contributed by atoms with E-state index in [1.54, 1.807) is 6.07 Å². The number of carboxylic acids is 1. The first kappa shape index (κ1) is 9.96. The predicted octanol–water partition coefficient (Wildman–Crippen LogP) is 1.71. The van der Waals surface area contributed by atoms with E-state index in [0.717, 1.165) is 24.2 Å². The number of aromatic nitrogens is 1. The third-order valence-corrected chi connectivity index (χ3v) is 2.84. The van der Waals surface area contributed by atoms with Crippen LogP contribution in [-0.4, -0.2) is 21.4 Å². The van der Waals surface area contributed by atoms with Gasteiger partial charge in [-0.2, -0.15) is 0 Å². The minimum Gasteiger partial charge on any atom is -0.475 e. The molecule has 0 aromatic carbocycles. The number of rotatable bonds is 3. The topological polar surface area (TPSA) is 59.3 Å². The Morgan fingerprint density at radius 2 is 2.00 bits per heavy atom. The molecule has 80 valence electrons. The quantitative estimate of drug-likeness (QED) is 0.606. The van der Waals surface area contributed by atoms with E-state index < -0.39 is 11.8 Å². The molecule has 0 aliphatic heterocycles. The summed E-state index contributed by atoms with van der Waals surface area (Å²) >= 11 is 0. The van der Waals surface area contributed by atoms with Crippen LogP contribution in [-0.2, 0) is 4.79 Å². The van der Waals surface area contributed by atoms with E-state index in [2.05, 4.69) is 4.57 Å². The third kappa shape index (κ3) is 1.56. The summed E-state index contributed by atoms with van der Waals surface area (Å²) in [5, 5.41) is 8.66. The molecule has 0 bridgehead atoms. The molecule has 1 fully saturated rings. The van der Waals surface area contributed by atoms with Crippen molar-refractivity contribution in [2.45, 2.75) is 32.7 Å². The monoisotopic (exact) mass is 207 g/mol. The highest BCUT2D eigenvalue weighted by Gasteiger charge is 2.29. The number of ketones is 1. The summed E-state index contributed by atoms with van der Waals surface area (Å²) in [5.41, 5.74) is 2.08. The highest BCUT2D eigenvalue weighted by atomic mass is 16.4. The zero-order valence-corrected chi connectivity index (χ0v) is 8.78. The normalized spacial score (nSPS) is 15.3. The lowest BCUT2D eigenvalue weighted by molar-refractivity contribution is -0.131. The maximum Gasteiger partial charge on any atom is 0.377 e. The fourth-order valence-corrected chi connectivity index (χ4v) is 2.02. The van der Waals surface area contributed by atoms with Gasteiger partial charge in [-0.15, -0.1) is 0 Å². The van der Waals surface area contributed by atoms with Gasteiger partial charge >= 0.3 is 5.97 Å². The van der Waals surface area contributed by atoms with Crippen molar-refractivity contribution in [3.05, 3.63) is 23.0 Å². The summed E-state index contributed by atoms with van der Waals surface area (Å²) < 4.78 is 2.07. The molecule has 1 aliphatic carbocycles. The first-order valence-electron chi connectivity index (χ1n) is 4.98. The molecule has 1 aromatic rings. The Morgan fingerprint density at radius 3 is 2.47 bits per heavy atom. The SMILES string of the molecule is Cc1cc(C(=O)C(=O)O)c(C)n1C1CC1. The second-order valence-electron chi connectivity index (χ2n) is 4.02. The second-order valence-corrected chi connectivity index (χ2v) is 4.02. The highest BCUT2D eigenvalue weighted by Crippen LogP contribution is 2.38. The molecule has 1 heterocycles. The van der Waals surface area contributed by atoms with Crippen LogP contribution < -0.4 is 0 Å². The van der Waals surface area contributed by atoms with E-state index in [4.69, 9.17) is 5.11 Å². The number of aryl methyl sites for hydroxylation is 1. The maximum absolute atomic E-state index is 11.4. The average Bonchev–Trinajstić information content (AvgIpc) is 2.93. The Kier molecular flexibility index (Phi) is 2.14. The molecule has 0 radical (unpaired) electrons. The summed E-state index contributed by atoms with van der Waals surface area (Å²) in [4.78, 5) is 22.0. The van der Waals surface area contributed by atoms with Gasteiger partial charge < -0.3 is 9.67 Å². The molecule has 4 nitrogen and oxygen atoms in total. The van der Waals surface area contributed by atoms with Gasteiger partial charge in [-0.3, -0.25) is 4.79 Å². The summed E-state index contributed by atoms with van der Waals surface area (Å²) in [6, 6.07) is 2.14. The van der Waals surface area contributed by atoms with Crippen LogP contribution in [0.4, 0.5) is 0 Å². The first-order chi connectivity index (χ1) is 7.02. The largest absolute Gasteiger partial charge is 0.475 e. The molecule has 1 saturated carbocycles. The molecule has 1 aromatic heterocycles. The van der Waals surface area contributed by atoms with E-state index in [-0.39, 0.29) is 0 Å². The molecule has 0 saturated heterocycles. The molecule has 0 amide bonds. The minimum atomic E-state index is -1.38. The van der Waals surface area contributed by atoms with Crippen molar-refractivity contribution >= 4 is 11.8 Å². The van der Waals surface area contributed by atoms with Gasteiger partial charge in [0.15, 0.2) is 0 Å². The molecular weight excluding hydrogens is 194 g/mol. The number of hydrogen-bond acceptors (Lipinski definition) is 2. The average molecular weight is 207 g/mol. The molecule has 15 heavy (non-hydrogen) atoms. The third-order valence-electron chi connectivity index (χ3n) is 2.84. The van der Waals surface area contributed by atoms with Crippen molar-refractivity contribution in [2.24, 2.45) is 0 Å². The van der Waals surface area contributed by atoms with Crippen molar-refractivity contribution in [1.82, 2.24) is 4.57 Å². The molecule has 0 atom stereocenters. The molecule has 4 heteroatoms. The number of carbonyl (C=O) groups is 2. The molecular formula is C11H13NO3. The van der Waals surface area contributed by atoms with Gasteiger partial charge in [0.05, 0.1) is 5.56 Å². The van der Waals surface area contributed by atoms with Crippen molar-refractivity contribution in [3.63, 3.8) is 0 Å². The molecule has 1 aliphatic rings. The Bertz CT molecular complexity index is 441. The number of Topliss-reactive ketones (excluding diaryl/α,β-unsaturated/α-hetero) is 1. The number of nitrogens with zero attached hydrogens (tertiary/aromatic N) is 1. The van der Waals surface area contributed by atoms with Gasteiger partial charge in [-0.25, -0.2) is 4.79 Å². The lowest BCUT2D eigenvalue weighted by Crippen LogP contribution is -2.13. The minimum absolute atomic E-state index is 0.326. The smallest absolute Gasteiger partial charge is 0.377 e. The van der Waals surface area contributed by atoms with E-state index in [1.165, 1.54) is 0 Å². The van der Waals surface area contributed by atoms with E-state index in [1.807, 2.05) is 13.8 Å². The Hall–Kier alpha value is -1.58. The van der Waals surface area contributed by atoms with Gasteiger partial charge in [-0.1, -0.05) is 0 Å². The van der Waals surface area contributed by atoms with Crippen LogP contribution in [0.25, 0.3) is 0 Å². The fourth-order valence-electron chi connectivity index (χ4n) is 2.02. The molecule has 1 N–H and O–H groups in total. The summed E-state index contributed by atoms with van der Waals surface area (Å²) in [7, 11) is 0. The summed E-state index contributed by atoms with van der Waals surface area (Å²) in [6.45, 7) is 3.71. The van der Waals surface area contributed by atoms with Crippen molar-refractivity contribution in [3.8, 4) is 0 Å². The van der Waals surface area contributed by atoms with Gasteiger partial charge in [0.2, 0.25) is 0 Å². The number of carboxylic acid groups (broad SMARTS) is 1. The Morgan fingerprint density at radius 1 is 1.40 bits per heavy atom.